The van der Waals surface area contributed by atoms with Crippen LogP contribution in [0.2, 0.25) is 5.02 Å². The summed E-state index contributed by atoms with van der Waals surface area (Å²) in [5, 5.41) is 9.74. The second-order valence-corrected chi connectivity index (χ2v) is 7.75. The fourth-order valence-corrected chi connectivity index (χ4v) is 4.30. The molecule has 1 aliphatic carbocycles. The molecule has 0 saturated heterocycles. The fraction of sp³-hybridized carbons (Fsp3) is 0.467. The number of aromatic hydroxyl groups is 1. The van der Waals surface area contributed by atoms with Gasteiger partial charge >= 0.3 is 11.9 Å². The Morgan fingerprint density at radius 2 is 1.92 bits per heavy atom. The van der Waals surface area contributed by atoms with Gasteiger partial charge in [-0.2, -0.15) is 4.72 Å². The molecule has 0 amide bonds. The number of hydrogen-bond donors (Lipinski definition) is 2. The number of halogens is 1. The zero-order valence-electron chi connectivity index (χ0n) is 13.6. The molecule has 1 unspecified atom stereocenters. The van der Waals surface area contributed by atoms with E-state index in [1.807, 2.05) is 0 Å². The lowest BCUT2D eigenvalue weighted by molar-refractivity contribution is -0.154. The van der Waals surface area contributed by atoms with Gasteiger partial charge in [0.2, 0.25) is 10.0 Å². The molecule has 1 aliphatic rings. The molecule has 0 spiro atoms. The maximum absolute atomic E-state index is 12.5. The van der Waals surface area contributed by atoms with E-state index in [9.17, 15) is 23.1 Å². The fourth-order valence-electron chi connectivity index (χ4n) is 2.70. The first-order chi connectivity index (χ1) is 11.7. The van der Waals surface area contributed by atoms with Crippen molar-refractivity contribution in [1.82, 2.24) is 4.72 Å². The summed E-state index contributed by atoms with van der Waals surface area (Å²) in [6, 6.07) is 2.67. The van der Waals surface area contributed by atoms with Gasteiger partial charge in [-0.25, -0.2) is 8.42 Å². The Morgan fingerprint density at radius 1 is 1.28 bits per heavy atom. The first-order valence-electron chi connectivity index (χ1n) is 7.36. The first kappa shape index (κ1) is 19.5. The van der Waals surface area contributed by atoms with Crippen molar-refractivity contribution < 1.29 is 32.6 Å². The molecular weight excluding hydrogens is 374 g/mol. The molecule has 0 heterocycles. The molecule has 0 radical (unpaired) electrons. The van der Waals surface area contributed by atoms with Crippen LogP contribution in [0.1, 0.15) is 12.8 Å². The van der Waals surface area contributed by atoms with Gasteiger partial charge in [0.15, 0.2) is 5.75 Å². The van der Waals surface area contributed by atoms with Crippen LogP contribution >= 0.6 is 11.6 Å². The Kier molecular flexibility index (Phi) is 5.91. The number of hydrogen-bond acceptors (Lipinski definition) is 7. The van der Waals surface area contributed by atoms with E-state index >= 15 is 0 Å². The normalized spacial score (nSPS) is 21.1. The van der Waals surface area contributed by atoms with Gasteiger partial charge in [0.1, 0.15) is 10.9 Å². The summed E-state index contributed by atoms with van der Waals surface area (Å²) in [5.74, 6) is -2.60. The molecular formula is C15H18ClNO7S. The number of sulfonamides is 1. The monoisotopic (exact) mass is 391 g/mol. The average Bonchev–Trinajstić information content (AvgIpc) is 2.53. The SMILES string of the molecule is COC(=O)C1CC(C(NS(=O)(=O)c2cccc(Cl)c2O)C(=O)OC)C1. The zero-order valence-corrected chi connectivity index (χ0v) is 15.1. The number of esters is 2. The second-order valence-electron chi connectivity index (χ2n) is 5.66. The van der Waals surface area contributed by atoms with Crippen LogP contribution in [0.5, 0.6) is 5.75 Å². The Bertz CT molecular complexity index is 774. The van der Waals surface area contributed by atoms with Crippen molar-refractivity contribution in [1.29, 1.82) is 0 Å². The lowest BCUT2D eigenvalue weighted by atomic mass is 9.71. The van der Waals surface area contributed by atoms with Crippen LogP contribution in [0.3, 0.4) is 0 Å². The molecule has 1 fully saturated rings. The van der Waals surface area contributed by atoms with Crippen LogP contribution in [-0.2, 0) is 29.1 Å². The molecule has 1 atom stereocenters. The first-order valence-corrected chi connectivity index (χ1v) is 9.22. The van der Waals surface area contributed by atoms with E-state index in [1.165, 1.54) is 19.2 Å². The molecule has 25 heavy (non-hydrogen) atoms. The van der Waals surface area contributed by atoms with E-state index in [0.717, 1.165) is 13.2 Å². The largest absolute Gasteiger partial charge is 0.505 e. The highest BCUT2D eigenvalue weighted by atomic mass is 35.5. The predicted molar refractivity (Wildman–Crippen MR) is 87.5 cm³/mol. The standard InChI is InChI=1S/C15H18ClNO7S/c1-23-14(19)9-6-8(7-9)12(15(20)24-2)17-25(21,22)11-5-3-4-10(16)13(11)18/h3-5,8-9,12,17-18H,6-7H2,1-2H3. The van der Waals surface area contributed by atoms with E-state index < -0.39 is 44.6 Å². The van der Waals surface area contributed by atoms with Crippen LogP contribution in [0.25, 0.3) is 0 Å². The second kappa shape index (κ2) is 7.59. The van der Waals surface area contributed by atoms with Gasteiger partial charge in [-0.3, -0.25) is 9.59 Å². The third-order valence-electron chi connectivity index (χ3n) is 4.16. The number of carbonyl (C=O) groups is 2. The van der Waals surface area contributed by atoms with Crippen molar-refractivity contribution in [2.75, 3.05) is 14.2 Å². The summed E-state index contributed by atoms with van der Waals surface area (Å²) in [4.78, 5) is 23.0. The minimum absolute atomic E-state index is 0.133. The van der Waals surface area contributed by atoms with Crippen molar-refractivity contribution in [3.8, 4) is 5.75 Å². The van der Waals surface area contributed by atoms with Gasteiger partial charge in [0.05, 0.1) is 25.2 Å². The van der Waals surface area contributed by atoms with Crippen LogP contribution in [0.15, 0.2) is 23.1 Å². The molecule has 0 aromatic heterocycles. The maximum Gasteiger partial charge on any atom is 0.324 e. The highest BCUT2D eigenvalue weighted by molar-refractivity contribution is 7.89. The number of rotatable bonds is 6. The van der Waals surface area contributed by atoms with Crippen molar-refractivity contribution in [2.24, 2.45) is 11.8 Å². The number of carbonyl (C=O) groups excluding carboxylic acids is 2. The van der Waals surface area contributed by atoms with Crippen LogP contribution in [0.4, 0.5) is 0 Å². The van der Waals surface area contributed by atoms with E-state index in [2.05, 4.69) is 14.2 Å². The van der Waals surface area contributed by atoms with Gasteiger partial charge in [0.25, 0.3) is 0 Å². The molecule has 10 heteroatoms. The quantitative estimate of drug-likeness (QED) is 0.696. The molecule has 1 saturated carbocycles. The molecule has 138 valence electrons. The molecule has 2 N–H and O–H groups in total. The van der Waals surface area contributed by atoms with Gasteiger partial charge in [0, 0.05) is 0 Å². The summed E-state index contributed by atoms with van der Waals surface area (Å²) in [5.41, 5.74) is 0. The minimum atomic E-state index is -4.23. The number of benzene rings is 1. The summed E-state index contributed by atoms with van der Waals surface area (Å²) in [7, 11) is -1.84. The topological polar surface area (TPSA) is 119 Å². The zero-order chi connectivity index (χ0) is 18.8. The van der Waals surface area contributed by atoms with E-state index in [-0.39, 0.29) is 23.8 Å². The van der Waals surface area contributed by atoms with Gasteiger partial charge in [-0.15, -0.1) is 0 Å². The molecule has 1 aromatic carbocycles. The van der Waals surface area contributed by atoms with Gasteiger partial charge < -0.3 is 14.6 Å². The number of phenols is 1. The lowest BCUT2D eigenvalue weighted by Gasteiger charge is -2.37. The Morgan fingerprint density at radius 3 is 2.48 bits per heavy atom. The molecule has 0 bridgehead atoms. The van der Waals surface area contributed by atoms with Crippen LogP contribution in [-0.4, -0.2) is 45.7 Å². The number of nitrogens with one attached hydrogen (secondary N) is 1. The Hall–Kier alpha value is -1.84. The van der Waals surface area contributed by atoms with E-state index in [0.29, 0.717) is 0 Å². The van der Waals surface area contributed by atoms with Gasteiger partial charge in [-0.05, 0) is 30.9 Å². The third kappa shape index (κ3) is 4.05. The summed E-state index contributed by atoms with van der Waals surface area (Å²) >= 11 is 5.73. The van der Waals surface area contributed by atoms with Crippen LogP contribution in [0, 0.1) is 11.8 Å². The van der Waals surface area contributed by atoms with Crippen LogP contribution < -0.4 is 4.72 Å². The Labute approximate surface area is 150 Å². The maximum atomic E-state index is 12.5. The number of ether oxygens (including phenoxy) is 2. The predicted octanol–water partition coefficient (Wildman–Crippen LogP) is 1.06. The minimum Gasteiger partial charge on any atom is -0.505 e. The lowest BCUT2D eigenvalue weighted by Crippen LogP contribution is -2.51. The van der Waals surface area contributed by atoms with Crippen molar-refractivity contribution in [2.45, 2.75) is 23.8 Å². The van der Waals surface area contributed by atoms with Crippen molar-refractivity contribution in [3.63, 3.8) is 0 Å². The number of methoxy groups -OCH3 is 2. The third-order valence-corrected chi connectivity index (χ3v) is 5.93. The highest BCUT2D eigenvalue weighted by Gasteiger charge is 2.44. The molecule has 2 rings (SSSR count). The van der Waals surface area contributed by atoms with E-state index in [4.69, 9.17) is 11.6 Å². The van der Waals surface area contributed by atoms with Crippen molar-refractivity contribution >= 4 is 33.6 Å². The molecule has 0 aliphatic heterocycles. The average molecular weight is 392 g/mol. The summed E-state index contributed by atoms with van der Waals surface area (Å²) in [6.07, 6.45) is 0.576. The van der Waals surface area contributed by atoms with E-state index in [1.54, 1.807) is 0 Å². The smallest absolute Gasteiger partial charge is 0.324 e. The Balaban J connectivity index is 2.21. The molecule has 8 nitrogen and oxygen atoms in total. The van der Waals surface area contributed by atoms with Gasteiger partial charge in [-0.1, -0.05) is 17.7 Å². The van der Waals surface area contributed by atoms with Crippen molar-refractivity contribution in [3.05, 3.63) is 23.2 Å². The number of phenolic OH excluding ortho intramolecular Hbond substituents is 1. The highest BCUT2D eigenvalue weighted by Crippen LogP contribution is 2.38. The summed E-state index contributed by atoms with van der Waals surface area (Å²) in [6.45, 7) is 0. The molecule has 1 aromatic rings. The number of para-hydroxylation sites is 1. The summed E-state index contributed by atoms with van der Waals surface area (Å²) < 4.78 is 36.6.